The fraction of sp³-hybridized carbons (Fsp3) is 0.422. The number of nitrogens with zero attached hydrogens (tertiary/aromatic N) is 16. The summed E-state index contributed by atoms with van der Waals surface area (Å²) in [5.74, 6) is -6.17. The second-order valence-corrected chi connectivity index (χ2v) is 31.5. The number of halogens is 11. The smallest absolute Gasteiger partial charge is 0.396 e. The van der Waals surface area contributed by atoms with Crippen LogP contribution in [0.4, 0.5) is 137 Å². The number of carbonyl (C=O) groups excluding carboxylic acids is 8. The molecule has 0 aromatic carbocycles. The van der Waals surface area contributed by atoms with Crippen LogP contribution in [-0.2, 0) is 0 Å². The number of hydrogen-bond acceptors (Lipinski definition) is 22. The number of urea groups is 4. The predicted molar refractivity (Wildman–Crippen MR) is 436 cm³/mol. The Morgan fingerprint density at radius 3 is 1.15 bits per heavy atom. The van der Waals surface area contributed by atoms with Crippen molar-refractivity contribution >= 4 is 117 Å². The van der Waals surface area contributed by atoms with Gasteiger partial charge in [0.25, 0.3) is 0 Å². The molecule has 1 saturated carbocycles. The minimum Gasteiger partial charge on any atom is -0.396 e. The van der Waals surface area contributed by atoms with Crippen molar-refractivity contribution in [1.29, 1.82) is 0 Å². The minimum absolute atomic E-state index is 0.00580. The van der Waals surface area contributed by atoms with Gasteiger partial charge in [-0.2, -0.15) is 39.5 Å². The number of Topliss-reactive ketones (excluding diaryl/α,β-unsaturated/α-hetero) is 4. The molecular formula is C83H86F11N21O9. The fourth-order valence-corrected chi connectivity index (χ4v) is 16.3. The number of aromatic nitrogens is 8. The maximum atomic E-state index is 13.2. The highest BCUT2D eigenvalue weighted by atomic mass is 19.4. The van der Waals surface area contributed by atoms with Gasteiger partial charge in [0, 0.05) is 122 Å². The zero-order valence-corrected chi connectivity index (χ0v) is 66.9. The van der Waals surface area contributed by atoms with Crippen LogP contribution in [0.25, 0.3) is 0 Å². The third kappa shape index (κ3) is 19.8. The first-order chi connectivity index (χ1) is 59.1. The number of nitrogens with two attached hydrogens (primary N) is 1. The van der Waals surface area contributed by atoms with Crippen LogP contribution >= 0.6 is 0 Å². The molecule has 41 heteroatoms. The van der Waals surface area contributed by atoms with E-state index in [2.05, 4.69) is 75.8 Å². The van der Waals surface area contributed by atoms with Gasteiger partial charge in [-0.25, -0.2) is 67.8 Å². The number of rotatable bonds is 19. The monoisotopic (exact) mass is 1730 g/mol. The lowest BCUT2D eigenvalue weighted by molar-refractivity contribution is -0.177. The molecular weight excluding hydrogens is 1640 g/mol. The SMILES string of the molecule is Cc1cccnc1NC(=O)N1c2nc(C(=O)C[C@H](C)C(F)(F)F)ccc2N2CC[C@H]1C2.N[C@@H](CCC(=O)c1ccc2c(n1)N(C(=O)Nc1ccccn1)[C@H]1CCN2C1)C(F)(F)F.O=C(CC1CC(F)(F)C1)c1ccc2c(n1)N(C(=O)Nc1ccccn1)[C@H]1CCN2C1.O=C(C[C@@H](CCO)C(F)(F)F)c1ccc2c(n1)N(C(=O)Nc1ccccn1)[C@H]1CCN2C1. The van der Waals surface area contributed by atoms with Gasteiger partial charge in [-0.3, -0.25) is 60.0 Å². The van der Waals surface area contributed by atoms with Gasteiger partial charge >= 0.3 is 42.7 Å². The summed E-state index contributed by atoms with van der Waals surface area (Å²) < 4.78 is 142. The van der Waals surface area contributed by atoms with E-state index in [-0.39, 0.29) is 102 Å². The maximum Gasteiger partial charge on any atom is 0.403 e. The molecule has 1 aliphatic carbocycles. The number of anilines is 12. The van der Waals surface area contributed by atoms with Crippen molar-refractivity contribution in [2.75, 3.05) is 119 Å². The second-order valence-electron chi connectivity index (χ2n) is 31.5. The van der Waals surface area contributed by atoms with Gasteiger partial charge < -0.3 is 30.4 Å². The molecule has 5 fully saturated rings. The van der Waals surface area contributed by atoms with Crippen molar-refractivity contribution in [2.24, 2.45) is 23.5 Å². The van der Waals surface area contributed by atoms with Gasteiger partial charge in [-0.15, -0.1) is 0 Å². The molecule has 8 aliphatic heterocycles. The predicted octanol–water partition coefficient (Wildman–Crippen LogP) is 14.1. The summed E-state index contributed by atoms with van der Waals surface area (Å²) in [5.41, 5.74) is 8.71. The number of nitrogens with one attached hydrogen (secondary N) is 4. The molecule has 7 atom stereocenters. The Kier molecular flexibility index (Phi) is 25.7. The van der Waals surface area contributed by atoms with Crippen molar-refractivity contribution in [3.63, 3.8) is 0 Å². The number of carbonyl (C=O) groups is 8. The normalized spacial score (nSPS) is 19.2. The number of fused-ring (bicyclic) bond motifs is 16. The lowest BCUT2D eigenvalue weighted by Gasteiger charge is -2.36. The van der Waals surface area contributed by atoms with Crippen LogP contribution in [0.5, 0.6) is 0 Å². The number of aliphatic hydroxyl groups is 1. The second kappa shape index (κ2) is 36.4. The van der Waals surface area contributed by atoms with Crippen molar-refractivity contribution in [3.8, 4) is 0 Å². The lowest BCUT2D eigenvalue weighted by atomic mass is 9.78. The first-order valence-corrected chi connectivity index (χ1v) is 40.2. The topological polar surface area (TPSA) is 360 Å². The summed E-state index contributed by atoms with van der Waals surface area (Å²) in [6.07, 6.45) is -7.86. The van der Waals surface area contributed by atoms with Crippen LogP contribution in [0, 0.1) is 24.7 Å². The van der Waals surface area contributed by atoms with Gasteiger partial charge in [0.2, 0.25) is 5.92 Å². The molecule has 8 amide bonds. The molecule has 8 aromatic rings. The van der Waals surface area contributed by atoms with Crippen LogP contribution < -0.4 is 66.2 Å². The third-order valence-electron chi connectivity index (χ3n) is 22.9. The third-order valence-corrected chi connectivity index (χ3v) is 22.9. The Hall–Kier alpha value is -12.7. The lowest BCUT2D eigenvalue weighted by Crippen LogP contribution is -2.48. The summed E-state index contributed by atoms with van der Waals surface area (Å²) in [6, 6.07) is 27.4. The molecule has 9 aliphatic rings. The molecule has 8 bridgehead atoms. The van der Waals surface area contributed by atoms with E-state index in [0.717, 1.165) is 57.1 Å². The average molecular weight is 1730 g/mol. The largest absolute Gasteiger partial charge is 0.403 e. The van der Waals surface area contributed by atoms with E-state index in [1.807, 2.05) is 17.9 Å². The van der Waals surface area contributed by atoms with E-state index in [1.54, 1.807) is 114 Å². The van der Waals surface area contributed by atoms with E-state index in [0.29, 0.717) is 91.1 Å². The Morgan fingerprint density at radius 1 is 0.452 bits per heavy atom. The molecule has 0 spiro atoms. The van der Waals surface area contributed by atoms with Crippen molar-refractivity contribution in [1.82, 2.24) is 39.9 Å². The molecule has 30 nitrogen and oxygen atoms in total. The van der Waals surface area contributed by atoms with Crippen LogP contribution in [0.15, 0.2) is 140 Å². The molecule has 654 valence electrons. The summed E-state index contributed by atoms with van der Waals surface area (Å²) in [4.78, 5) is 151. The van der Waals surface area contributed by atoms with Crippen molar-refractivity contribution in [3.05, 3.63) is 168 Å². The quantitative estimate of drug-likeness (QED) is 0.0323. The van der Waals surface area contributed by atoms with E-state index < -0.39 is 110 Å². The maximum absolute atomic E-state index is 13.2. The standard InChI is InChI=1S/C21H22F3N5O3.C21H22F3N5O2.C21H21F2N5O2.C20H21F3N6O2/c22-21(23,24)13(7-10-30)11-17(31)15-4-5-16-19(26-15)29(14-6-9-28(16)12-14)20(32)27-18-3-1-2-8-25-18;1-12-4-3-8-25-18(12)27-20(31)29-14-7-9-28(11-14)16-6-5-15(26-19(16)29)17(30)10-13(2)21(22,23)24;22-21(23)10-13(11-21)9-17(29)15-4-5-16-19(25-15)28(14-6-8-27(16)12-14)20(30)26-18-3-1-2-7-24-18;21-20(22,23)16(24)7-6-15(30)13-4-5-14-18(26-13)29(12-8-10-28(14)11-12)19(31)27-17-3-1-2-9-25-17/h1-5,8,13-14,30H,6-7,9-12H2,(H,25,27,32);3-6,8,13-14H,7,9-11H2,1-2H3,(H,25,27,31);1-5,7,13-14H,6,8-12H2,(H,24,26,30);1-5,9,12,16H,6-8,10-11,24H2,(H,25,27,31)/t13-,14+;13-,14-;14-;12-,16-/m1000/s1. The highest BCUT2D eigenvalue weighted by molar-refractivity contribution is 6.09. The first-order valence-electron chi connectivity index (χ1n) is 40.2. The highest BCUT2D eigenvalue weighted by Crippen LogP contribution is 2.47. The number of pyridine rings is 8. The molecule has 124 heavy (non-hydrogen) atoms. The summed E-state index contributed by atoms with van der Waals surface area (Å²) in [5, 5.41) is 20.0. The Balaban J connectivity index is 0.000000135. The number of hydrogen-bond donors (Lipinski definition) is 6. The summed E-state index contributed by atoms with van der Waals surface area (Å²) >= 11 is 0. The fourth-order valence-electron chi connectivity index (χ4n) is 16.3. The van der Waals surface area contributed by atoms with Gasteiger partial charge in [-0.1, -0.05) is 31.2 Å². The van der Waals surface area contributed by atoms with Crippen LogP contribution in [0.3, 0.4) is 0 Å². The van der Waals surface area contributed by atoms with Crippen LogP contribution in [-0.4, -0.2) is 206 Å². The molecule has 16 heterocycles. The number of amides is 8. The van der Waals surface area contributed by atoms with Crippen molar-refractivity contribution < 1.29 is 91.8 Å². The molecule has 0 radical (unpaired) electrons. The average Bonchev–Trinajstić information content (AvgIpc) is 1.57. The number of aryl methyl sites for hydroxylation is 1. The molecule has 8 aromatic heterocycles. The highest BCUT2D eigenvalue weighted by Gasteiger charge is 2.49. The number of ketones is 4. The molecule has 7 N–H and O–H groups in total. The van der Waals surface area contributed by atoms with E-state index in [4.69, 9.17) is 10.8 Å². The van der Waals surface area contributed by atoms with E-state index in [1.165, 1.54) is 39.1 Å². The number of aliphatic hydroxyl groups excluding tert-OH is 1. The zero-order valence-electron chi connectivity index (χ0n) is 66.9. The zero-order chi connectivity index (χ0) is 88.3. The minimum atomic E-state index is -4.61. The van der Waals surface area contributed by atoms with Gasteiger partial charge in [-0.05, 0) is 148 Å². The number of alkyl halides is 11. The first kappa shape index (κ1) is 87.6. The molecule has 17 rings (SSSR count). The van der Waals surface area contributed by atoms with E-state index in [9.17, 15) is 86.7 Å². The van der Waals surface area contributed by atoms with E-state index >= 15 is 0 Å². The van der Waals surface area contributed by atoms with Gasteiger partial charge in [0.1, 0.15) is 52.1 Å². The van der Waals surface area contributed by atoms with Gasteiger partial charge in [0.15, 0.2) is 46.4 Å². The summed E-state index contributed by atoms with van der Waals surface area (Å²) in [6.45, 7) is 7.65. The Bertz CT molecular complexity index is 5290. The van der Waals surface area contributed by atoms with Gasteiger partial charge in [0.05, 0.1) is 58.8 Å². The van der Waals surface area contributed by atoms with Crippen LogP contribution in [0.1, 0.15) is 131 Å². The Morgan fingerprint density at radius 2 is 0.815 bits per heavy atom. The van der Waals surface area contributed by atoms with Crippen molar-refractivity contribution in [2.45, 2.75) is 146 Å². The van der Waals surface area contributed by atoms with Crippen LogP contribution in [0.2, 0.25) is 0 Å². The molecule has 0 unspecified atom stereocenters. The Labute approximate surface area is 702 Å². The molecule has 4 saturated heterocycles. The summed E-state index contributed by atoms with van der Waals surface area (Å²) in [7, 11) is 0.